The summed E-state index contributed by atoms with van der Waals surface area (Å²) in [5.74, 6) is -0.325. The average molecular weight is 142 g/mol. The fourth-order valence-electron chi connectivity index (χ4n) is 0.945. The number of carbonyl (C=O) groups excluding carboxylic acids is 1. The zero-order chi connectivity index (χ0) is 7.40. The number of amides is 1. The number of primary amides is 1. The number of hydrogen-bond acceptors (Lipinski definition) is 2. The minimum Gasteiger partial charge on any atom is -0.368 e. The molecule has 0 aromatic carbocycles. The number of nitrogens with zero attached hydrogens (tertiary/aromatic N) is 1. The zero-order valence-electron chi connectivity index (χ0n) is 5.84. The van der Waals surface area contributed by atoms with Crippen LogP contribution >= 0.6 is 0 Å². The normalized spacial score (nSPS) is 27.4. The first-order valence-corrected chi connectivity index (χ1v) is 3.47. The zero-order valence-corrected chi connectivity index (χ0v) is 5.84. The minimum absolute atomic E-state index is 0.303. The lowest BCUT2D eigenvalue weighted by molar-refractivity contribution is -0.119. The van der Waals surface area contributed by atoms with Crippen LogP contribution in [0.5, 0.6) is 0 Å². The summed E-state index contributed by atoms with van der Waals surface area (Å²) in [5.41, 5.74) is 5.06. The Balaban J connectivity index is 2.35. The molecule has 1 atom stereocenters. The maximum atomic E-state index is 10.6. The molecule has 0 aliphatic carbocycles. The van der Waals surface area contributed by atoms with Gasteiger partial charge in [0.05, 0.1) is 0 Å². The number of carbonyl (C=O) groups is 1. The molecule has 10 heavy (non-hydrogen) atoms. The van der Waals surface area contributed by atoms with E-state index in [2.05, 4.69) is 10.6 Å². The lowest BCUT2D eigenvalue weighted by atomic mass is 10.3. The monoisotopic (exact) mass is 142 g/mol. The van der Waals surface area contributed by atoms with Crippen LogP contribution in [0.4, 0.5) is 0 Å². The fourth-order valence-corrected chi connectivity index (χ4v) is 0.945. The van der Waals surface area contributed by atoms with Crippen molar-refractivity contribution in [3.05, 3.63) is 0 Å². The van der Waals surface area contributed by atoms with Crippen LogP contribution < -0.4 is 16.4 Å². The average Bonchev–Trinajstić information content (AvgIpc) is 2.12. The Bertz CT molecular complexity index is 118. The molecule has 4 heteroatoms. The van der Waals surface area contributed by atoms with Crippen molar-refractivity contribution in [2.75, 3.05) is 19.6 Å². The molecule has 57 valence electrons. The van der Waals surface area contributed by atoms with Crippen molar-refractivity contribution < 1.29 is 4.79 Å². The van der Waals surface area contributed by atoms with E-state index >= 15 is 0 Å². The first-order chi connectivity index (χ1) is 4.80. The van der Waals surface area contributed by atoms with Gasteiger partial charge in [-0.05, 0) is 13.0 Å². The SMILES string of the molecule is NC(=O)C1CNCCC[N]1. The summed E-state index contributed by atoms with van der Waals surface area (Å²) in [6.07, 6.45) is 1.00. The van der Waals surface area contributed by atoms with E-state index < -0.39 is 0 Å². The molecule has 0 aromatic heterocycles. The van der Waals surface area contributed by atoms with Crippen molar-refractivity contribution in [2.24, 2.45) is 5.73 Å². The molecule has 1 heterocycles. The number of rotatable bonds is 1. The third kappa shape index (κ3) is 1.97. The van der Waals surface area contributed by atoms with Gasteiger partial charge in [0, 0.05) is 13.1 Å². The van der Waals surface area contributed by atoms with Gasteiger partial charge in [-0.2, -0.15) is 0 Å². The molecule has 1 aliphatic heterocycles. The molecule has 4 nitrogen and oxygen atoms in total. The van der Waals surface area contributed by atoms with E-state index in [0.717, 1.165) is 19.5 Å². The third-order valence-electron chi connectivity index (χ3n) is 1.53. The van der Waals surface area contributed by atoms with Crippen LogP contribution in [-0.2, 0) is 4.79 Å². The van der Waals surface area contributed by atoms with Crippen LogP contribution in [0.3, 0.4) is 0 Å². The van der Waals surface area contributed by atoms with Gasteiger partial charge in [-0.25, -0.2) is 5.32 Å². The Hall–Kier alpha value is -0.610. The minimum atomic E-state index is -0.325. The highest BCUT2D eigenvalue weighted by molar-refractivity contribution is 5.80. The standard InChI is InChI=1S/C6H12N3O/c7-6(10)5-4-8-2-1-3-9-5/h5,8H,1-4H2,(H2,7,10). The molecule has 1 aliphatic rings. The maximum Gasteiger partial charge on any atom is 0.237 e. The lowest BCUT2D eigenvalue weighted by Gasteiger charge is -2.07. The van der Waals surface area contributed by atoms with Crippen LogP contribution in [0.15, 0.2) is 0 Å². The summed E-state index contributed by atoms with van der Waals surface area (Å²) in [4.78, 5) is 10.6. The predicted molar refractivity (Wildman–Crippen MR) is 37.5 cm³/mol. The van der Waals surface area contributed by atoms with Crippen molar-refractivity contribution in [3.8, 4) is 0 Å². The quantitative estimate of drug-likeness (QED) is 0.465. The second-order valence-electron chi connectivity index (χ2n) is 2.38. The lowest BCUT2D eigenvalue weighted by Crippen LogP contribution is -2.42. The van der Waals surface area contributed by atoms with Gasteiger partial charge in [0.2, 0.25) is 5.91 Å². The third-order valence-corrected chi connectivity index (χ3v) is 1.53. The van der Waals surface area contributed by atoms with Gasteiger partial charge in [-0.15, -0.1) is 0 Å². The molecule has 0 saturated carbocycles. The van der Waals surface area contributed by atoms with Gasteiger partial charge in [0.15, 0.2) is 0 Å². The molecule has 0 aromatic rings. The molecule has 0 bridgehead atoms. The number of nitrogens with two attached hydrogens (primary N) is 1. The van der Waals surface area contributed by atoms with Crippen molar-refractivity contribution in [1.82, 2.24) is 10.6 Å². The molecule has 1 rings (SSSR count). The van der Waals surface area contributed by atoms with E-state index in [1.807, 2.05) is 0 Å². The molecule has 1 amide bonds. The smallest absolute Gasteiger partial charge is 0.237 e. The molecule has 3 N–H and O–H groups in total. The first kappa shape index (κ1) is 7.50. The van der Waals surface area contributed by atoms with Crippen molar-refractivity contribution >= 4 is 5.91 Å². The van der Waals surface area contributed by atoms with E-state index in [1.54, 1.807) is 0 Å². The Labute approximate surface area is 60.2 Å². The molecular weight excluding hydrogens is 130 g/mol. The van der Waals surface area contributed by atoms with Gasteiger partial charge in [0.25, 0.3) is 0 Å². The summed E-state index contributed by atoms with van der Waals surface area (Å²) in [7, 11) is 0. The number of hydrogen-bond donors (Lipinski definition) is 2. The summed E-state index contributed by atoms with van der Waals surface area (Å²) in [6.45, 7) is 2.29. The van der Waals surface area contributed by atoms with Gasteiger partial charge < -0.3 is 11.1 Å². The molecule has 1 fully saturated rings. The van der Waals surface area contributed by atoms with Crippen LogP contribution in [0.1, 0.15) is 6.42 Å². The van der Waals surface area contributed by atoms with E-state index in [4.69, 9.17) is 5.73 Å². The summed E-state index contributed by atoms with van der Waals surface area (Å²) in [5, 5.41) is 7.17. The van der Waals surface area contributed by atoms with Gasteiger partial charge in [-0.1, -0.05) is 0 Å². The molecule has 1 radical (unpaired) electrons. The van der Waals surface area contributed by atoms with E-state index in [9.17, 15) is 4.79 Å². The largest absolute Gasteiger partial charge is 0.368 e. The van der Waals surface area contributed by atoms with Crippen LogP contribution in [-0.4, -0.2) is 31.6 Å². The topological polar surface area (TPSA) is 69.2 Å². The second kappa shape index (κ2) is 3.53. The molecular formula is C6H12N3O. The maximum absolute atomic E-state index is 10.6. The van der Waals surface area contributed by atoms with Gasteiger partial charge in [-0.3, -0.25) is 4.79 Å². The van der Waals surface area contributed by atoms with Gasteiger partial charge >= 0.3 is 0 Å². The van der Waals surface area contributed by atoms with Crippen molar-refractivity contribution in [3.63, 3.8) is 0 Å². The first-order valence-electron chi connectivity index (χ1n) is 3.47. The summed E-state index contributed by atoms with van der Waals surface area (Å²) < 4.78 is 0. The van der Waals surface area contributed by atoms with Gasteiger partial charge in [0.1, 0.15) is 6.04 Å². The van der Waals surface area contributed by atoms with E-state index in [-0.39, 0.29) is 11.9 Å². The summed E-state index contributed by atoms with van der Waals surface area (Å²) >= 11 is 0. The van der Waals surface area contributed by atoms with E-state index in [0.29, 0.717) is 6.54 Å². The van der Waals surface area contributed by atoms with Crippen LogP contribution in [0, 0.1) is 0 Å². The number of nitrogens with one attached hydrogen (secondary N) is 1. The van der Waals surface area contributed by atoms with Crippen molar-refractivity contribution in [2.45, 2.75) is 12.5 Å². The molecule has 1 unspecified atom stereocenters. The fraction of sp³-hybridized carbons (Fsp3) is 0.833. The Kier molecular flexibility index (Phi) is 2.65. The Morgan fingerprint density at radius 2 is 2.50 bits per heavy atom. The second-order valence-corrected chi connectivity index (χ2v) is 2.38. The van der Waals surface area contributed by atoms with Crippen LogP contribution in [0.25, 0.3) is 0 Å². The molecule has 1 saturated heterocycles. The highest BCUT2D eigenvalue weighted by Gasteiger charge is 2.16. The Morgan fingerprint density at radius 1 is 1.70 bits per heavy atom. The van der Waals surface area contributed by atoms with Crippen LogP contribution in [0.2, 0.25) is 0 Å². The summed E-state index contributed by atoms with van der Waals surface area (Å²) in [6, 6.07) is -0.303. The predicted octanol–water partition coefficient (Wildman–Crippen LogP) is -1.56. The van der Waals surface area contributed by atoms with Crippen molar-refractivity contribution in [1.29, 1.82) is 0 Å². The highest BCUT2D eigenvalue weighted by atomic mass is 16.1. The molecule has 0 spiro atoms. The Morgan fingerprint density at radius 3 is 3.20 bits per heavy atom. The van der Waals surface area contributed by atoms with E-state index in [1.165, 1.54) is 0 Å². The highest BCUT2D eigenvalue weighted by Crippen LogP contribution is 1.89.